The number of rotatable bonds is 4. The van der Waals surface area contributed by atoms with Gasteiger partial charge in [0.15, 0.2) is 0 Å². The molecule has 8 nitrogen and oxygen atoms in total. The van der Waals surface area contributed by atoms with E-state index < -0.39 is 35.7 Å². The first-order chi connectivity index (χ1) is 13.2. The number of carbonyl (C=O) groups excluding carboxylic acids is 2. The molecule has 154 valence electrons. The number of ether oxygens (including phenoxy) is 2. The molecule has 0 aromatic heterocycles. The zero-order valence-electron chi connectivity index (χ0n) is 16.5. The third kappa shape index (κ3) is 6.75. The van der Waals surface area contributed by atoms with E-state index in [0.717, 1.165) is 5.56 Å². The average Bonchev–Trinajstić information content (AvgIpc) is 2.82. The monoisotopic (exact) mass is 392 g/mol. The third-order valence-corrected chi connectivity index (χ3v) is 4.39. The summed E-state index contributed by atoms with van der Waals surface area (Å²) in [6.45, 7) is 5.97. The summed E-state index contributed by atoms with van der Waals surface area (Å²) in [4.78, 5) is 37.6. The molecule has 0 saturated carbocycles. The van der Waals surface area contributed by atoms with Gasteiger partial charge in [-0.3, -0.25) is 4.79 Å². The Morgan fingerprint density at radius 3 is 2.39 bits per heavy atom. The fourth-order valence-corrected chi connectivity index (χ4v) is 3.00. The van der Waals surface area contributed by atoms with Crippen molar-refractivity contribution in [2.75, 3.05) is 13.1 Å². The summed E-state index contributed by atoms with van der Waals surface area (Å²) in [5, 5.41) is 12.2. The van der Waals surface area contributed by atoms with E-state index in [9.17, 15) is 19.5 Å². The predicted octanol–water partition coefficient (Wildman–Crippen LogP) is 3.01. The van der Waals surface area contributed by atoms with Gasteiger partial charge in [0.1, 0.15) is 12.2 Å². The number of likely N-dealkylation sites (tertiary alicyclic amines) is 1. The Balaban J connectivity index is 1.94. The molecule has 1 heterocycles. The molecule has 1 saturated heterocycles. The summed E-state index contributed by atoms with van der Waals surface area (Å²) >= 11 is 0. The van der Waals surface area contributed by atoms with E-state index in [1.54, 1.807) is 20.8 Å². The maximum absolute atomic E-state index is 12.3. The molecule has 1 aliphatic heterocycles. The number of hydrogen-bond donors (Lipinski definition) is 2. The lowest BCUT2D eigenvalue weighted by Gasteiger charge is -2.26. The fraction of sp³-hybridized carbons (Fsp3) is 0.550. The van der Waals surface area contributed by atoms with E-state index in [4.69, 9.17) is 9.47 Å². The molecule has 2 N–H and O–H groups in total. The first-order valence-electron chi connectivity index (χ1n) is 9.33. The van der Waals surface area contributed by atoms with Gasteiger partial charge in [-0.25, -0.2) is 9.59 Å². The fourth-order valence-electron chi connectivity index (χ4n) is 3.00. The minimum absolute atomic E-state index is 0.0984. The lowest BCUT2D eigenvalue weighted by atomic mass is 9.95. The van der Waals surface area contributed by atoms with Crippen LogP contribution >= 0.6 is 0 Å². The molecule has 0 aliphatic carbocycles. The van der Waals surface area contributed by atoms with Crippen LogP contribution in [0.5, 0.6) is 0 Å². The molecular formula is C20H28N2O6. The molecule has 1 aromatic carbocycles. The zero-order valence-corrected chi connectivity index (χ0v) is 16.5. The van der Waals surface area contributed by atoms with Gasteiger partial charge in [0.2, 0.25) is 0 Å². The van der Waals surface area contributed by atoms with Crippen molar-refractivity contribution < 1.29 is 29.0 Å². The van der Waals surface area contributed by atoms with Crippen LogP contribution in [-0.4, -0.2) is 52.9 Å². The average molecular weight is 392 g/mol. The van der Waals surface area contributed by atoms with Crippen LogP contribution in [0.3, 0.4) is 0 Å². The molecule has 1 fully saturated rings. The first kappa shape index (κ1) is 21.5. The summed E-state index contributed by atoms with van der Waals surface area (Å²) in [5.74, 6) is -1.82. The van der Waals surface area contributed by atoms with Gasteiger partial charge in [-0.2, -0.15) is 0 Å². The number of hydrogen-bond acceptors (Lipinski definition) is 5. The van der Waals surface area contributed by atoms with Crippen LogP contribution in [0.2, 0.25) is 0 Å². The SMILES string of the molecule is CC(C)(C)OC(=O)N1CCC(NC(=O)OCc2ccccc2)C(C(=O)O)CC1. The first-order valence-corrected chi connectivity index (χ1v) is 9.33. The molecule has 0 bridgehead atoms. The second kappa shape index (κ2) is 9.43. The van der Waals surface area contributed by atoms with E-state index in [0.29, 0.717) is 13.0 Å². The van der Waals surface area contributed by atoms with Crippen LogP contribution in [0.4, 0.5) is 9.59 Å². The number of carbonyl (C=O) groups is 3. The van der Waals surface area contributed by atoms with Crippen LogP contribution in [-0.2, 0) is 20.9 Å². The predicted molar refractivity (Wildman–Crippen MR) is 102 cm³/mol. The number of alkyl carbamates (subject to hydrolysis) is 1. The standard InChI is InChI=1S/C20H28N2O6/c1-20(2,3)28-19(26)22-11-9-15(17(23)24)16(10-12-22)21-18(25)27-13-14-7-5-4-6-8-14/h4-8,15-16H,9-13H2,1-3H3,(H,21,25)(H,23,24). The van der Waals surface area contributed by atoms with Gasteiger partial charge in [0, 0.05) is 19.1 Å². The highest BCUT2D eigenvalue weighted by Crippen LogP contribution is 2.21. The maximum Gasteiger partial charge on any atom is 0.410 e. The van der Waals surface area contributed by atoms with E-state index in [-0.39, 0.29) is 19.6 Å². The molecular weight excluding hydrogens is 364 g/mol. The number of carboxylic acid groups (broad SMARTS) is 1. The highest BCUT2D eigenvalue weighted by Gasteiger charge is 2.35. The van der Waals surface area contributed by atoms with Crippen molar-refractivity contribution in [3.8, 4) is 0 Å². The molecule has 2 unspecified atom stereocenters. The summed E-state index contributed by atoms with van der Waals surface area (Å²) in [5.41, 5.74) is 0.207. The van der Waals surface area contributed by atoms with Crippen LogP contribution in [0.1, 0.15) is 39.2 Å². The smallest absolute Gasteiger partial charge is 0.410 e. The van der Waals surface area contributed by atoms with Crippen molar-refractivity contribution in [3.05, 3.63) is 35.9 Å². The minimum Gasteiger partial charge on any atom is -0.481 e. The van der Waals surface area contributed by atoms with Crippen molar-refractivity contribution in [3.63, 3.8) is 0 Å². The van der Waals surface area contributed by atoms with Crippen molar-refractivity contribution >= 4 is 18.2 Å². The molecule has 1 aromatic rings. The second-order valence-corrected chi connectivity index (χ2v) is 7.80. The summed E-state index contributed by atoms with van der Waals surface area (Å²) in [6.07, 6.45) is -0.635. The molecule has 1 aliphatic rings. The normalized spacial score (nSPS) is 20.0. The summed E-state index contributed by atoms with van der Waals surface area (Å²) in [7, 11) is 0. The largest absolute Gasteiger partial charge is 0.481 e. The Labute approximate surface area is 164 Å². The van der Waals surface area contributed by atoms with Crippen molar-refractivity contribution in [2.24, 2.45) is 5.92 Å². The highest BCUT2D eigenvalue weighted by molar-refractivity contribution is 5.74. The van der Waals surface area contributed by atoms with Gasteiger partial charge in [-0.15, -0.1) is 0 Å². The third-order valence-electron chi connectivity index (χ3n) is 4.39. The molecule has 2 rings (SSSR count). The second-order valence-electron chi connectivity index (χ2n) is 7.80. The highest BCUT2D eigenvalue weighted by atomic mass is 16.6. The van der Waals surface area contributed by atoms with Crippen molar-refractivity contribution in [1.82, 2.24) is 10.2 Å². The number of carboxylic acids is 1. The lowest BCUT2D eigenvalue weighted by Crippen LogP contribution is -2.43. The van der Waals surface area contributed by atoms with Gasteiger partial charge in [-0.05, 0) is 39.2 Å². The van der Waals surface area contributed by atoms with E-state index in [2.05, 4.69) is 5.32 Å². The van der Waals surface area contributed by atoms with E-state index in [1.807, 2.05) is 30.3 Å². The van der Waals surface area contributed by atoms with E-state index in [1.165, 1.54) is 4.90 Å². The van der Waals surface area contributed by atoms with Gasteiger partial charge in [0.25, 0.3) is 0 Å². The van der Waals surface area contributed by atoms with Gasteiger partial charge in [-0.1, -0.05) is 30.3 Å². The number of nitrogens with zero attached hydrogens (tertiary/aromatic N) is 1. The maximum atomic E-state index is 12.3. The number of aliphatic carboxylic acids is 1. The van der Waals surface area contributed by atoms with Gasteiger partial charge < -0.3 is 24.8 Å². The number of nitrogens with one attached hydrogen (secondary N) is 1. The Morgan fingerprint density at radius 2 is 1.79 bits per heavy atom. The summed E-state index contributed by atoms with van der Waals surface area (Å²) in [6, 6.07) is 8.58. The van der Waals surface area contributed by atoms with Crippen LogP contribution in [0.15, 0.2) is 30.3 Å². The van der Waals surface area contributed by atoms with Crippen LogP contribution in [0.25, 0.3) is 0 Å². The summed E-state index contributed by atoms with van der Waals surface area (Å²) < 4.78 is 10.6. The zero-order chi connectivity index (χ0) is 20.7. The molecule has 28 heavy (non-hydrogen) atoms. The topological polar surface area (TPSA) is 105 Å². The van der Waals surface area contributed by atoms with E-state index >= 15 is 0 Å². The van der Waals surface area contributed by atoms with Crippen molar-refractivity contribution in [2.45, 2.75) is 51.9 Å². The van der Waals surface area contributed by atoms with Crippen LogP contribution in [0, 0.1) is 5.92 Å². The molecule has 8 heteroatoms. The number of benzene rings is 1. The van der Waals surface area contributed by atoms with Gasteiger partial charge >= 0.3 is 18.2 Å². The number of amides is 2. The Hall–Kier alpha value is -2.77. The molecule has 0 spiro atoms. The van der Waals surface area contributed by atoms with Crippen molar-refractivity contribution in [1.29, 1.82) is 0 Å². The molecule has 2 amide bonds. The molecule has 0 radical (unpaired) electrons. The Bertz CT molecular complexity index is 686. The lowest BCUT2D eigenvalue weighted by molar-refractivity contribution is -0.142. The minimum atomic E-state index is -1.01. The molecule has 2 atom stereocenters. The van der Waals surface area contributed by atoms with Gasteiger partial charge in [0.05, 0.1) is 5.92 Å². The Kier molecular flexibility index (Phi) is 7.25. The quantitative estimate of drug-likeness (QED) is 0.816. The van der Waals surface area contributed by atoms with Crippen LogP contribution < -0.4 is 5.32 Å². The Morgan fingerprint density at radius 1 is 1.14 bits per heavy atom.